The zero-order valence-electron chi connectivity index (χ0n) is 10.2. The van der Waals surface area contributed by atoms with E-state index in [9.17, 15) is 4.79 Å². The van der Waals surface area contributed by atoms with Gasteiger partial charge in [0.05, 0.1) is 14.2 Å². The molecule has 0 aliphatic heterocycles. The number of hydrogen-bond donors (Lipinski definition) is 0. The van der Waals surface area contributed by atoms with Crippen LogP contribution in [0.1, 0.15) is 24.0 Å². The summed E-state index contributed by atoms with van der Waals surface area (Å²) in [5.41, 5.74) is 2.04. The number of carbonyl (C=O) groups is 1. The molecule has 1 aliphatic rings. The van der Waals surface area contributed by atoms with Gasteiger partial charge in [0.25, 0.3) is 0 Å². The van der Waals surface area contributed by atoms with Gasteiger partial charge in [-0.05, 0) is 29.7 Å². The molecule has 17 heavy (non-hydrogen) atoms. The molecule has 1 aliphatic carbocycles. The Balaban J connectivity index is 2.49. The van der Waals surface area contributed by atoms with Crippen molar-refractivity contribution in [3.8, 4) is 11.5 Å². The van der Waals surface area contributed by atoms with Gasteiger partial charge in [-0.2, -0.15) is 0 Å². The molecule has 0 bridgehead atoms. The first-order chi connectivity index (χ1) is 8.24. The zero-order chi connectivity index (χ0) is 12.3. The van der Waals surface area contributed by atoms with E-state index < -0.39 is 0 Å². The fraction of sp³-hybridized carbons (Fsp3) is 0.357. The van der Waals surface area contributed by atoms with Crippen molar-refractivity contribution in [1.29, 1.82) is 0 Å². The standard InChI is InChI=1S/C14H16O3/c1-16-13-8-10-5-3-4-6-12(15)7-11(10)9-14(13)17-2/h3,5,8-9H,4,6-7H2,1-2H3/b5-3-. The van der Waals surface area contributed by atoms with E-state index in [2.05, 4.69) is 0 Å². The Bertz CT molecular complexity index is 461. The van der Waals surface area contributed by atoms with Crippen LogP contribution in [0.2, 0.25) is 0 Å². The Kier molecular flexibility index (Phi) is 3.47. The lowest BCUT2D eigenvalue weighted by atomic mass is 9.96. The summed E-state index contributed by atoms with van der Waals surface area (Å²) in [6.45, 7) is 0. The highest BCUT2D eigenvalue weighted by Gasteiger charge is 2.13. The van der Waals surface area contributed by atoms with E-state index in [-0.39, 0.29) is 5.78 Å². The molecular weight excluding hydrogens is 216 g/mol. The van der Waals surface area contributed by atoms with Crippen LogP contribution in [0.15, 0.2) is 18.2 Å². The van der Waals surface area contributed by atoms with Crippen LogP contribution in [0.5, 0.6) is 11.5 Å². The second-order valence-electron chi connectivity index (χ2n) is 4.06. The molecule has 0 heterocycles. The number of ether oxygens (including phenoxy) is 2. The molecule has 0 atom stereocenters. The number of carbonyl (C=O) groups excluding carboxylic acids is 1. The van der Waals surface area contributed by atoms with E-state index in [4.69, 9.17) is 9.47 Å². The second kappa shape index (κ2) is 5.04. The molecule has 0 radical (unpaired) electrons. The Morgan fingerprint density at radius 3 is 2.53 bits per heavy atom. The fourth-order valence-electron chi connectivity index (χ4n) is 2.00. The van der Waals surface area contributed by atoms with Crippen molar-refractivity contribution in [2.24, 2.45) is 0 Å². The monoisotopic (exact) mass is 232 g/mol. The molecular formula is C14H16O3. The van der Waals surface area contributed by atoms with Crippen molar-refractivity contribution >= 4 is 11.9 Å². The molecule has 3 heteroatoms. The van der Waals surface area contributed by atoms with E-state index in [0.29, 0.717) is 24.3 Å². The third-order valence-electron chi connectivity index (χ3n) is 2.92. The normalized spacial score (nSPS) is 16.7. The van der Waals surface area contributed by atoms with Gasteiger partial charge in [0, 0.05) is 12.8 Å². The van der Waals surface area contributed by atoms with E-state index in [0.717, 1.165) is 17.5 Å². The lowest BCUT2D eigenvalue weighted by Gasteiger charge is -2.14. The molecule has 0 fully saturated rings. The molecule has 1 aromatic carbocycles. The summed E-state index contributed by atoms with van der Waals surface area (Å²) in [4.78, 5) is 11.6. The average Bonchev–Trinajstić information content (AvgIpc) is 2.32. The van der Waals surface area contributed by atoms with Crippen LogP contribution in [0.4, 0.5) is 0 Å². The zero-order valence-corrected chi connectivity index (χ0v) is 10.2. The van der Waals surface area contributed by atoms with Crippen molar-refractivity contribution in [3.05, 3.63) is 29.3 Å². The smallest absolute Gasteiger partial charge is 0.161 e. The maximum atomic E-state index is 11.6. The number of benzene rings is 1. The van der Waals surface area contributed by atoms with Gasteiger partial charge in [0.2, 0.25) is 0 Å². The summed E-state index contributed by atoms with van der Waals surface area (Å²) < 4.78 is 10.5. The van der Waals surface area contributed by atoms with Gasteiger partial charge >= 0.3 is 0 Å². The second-order valence-corrected chi connectivity index (χ2v) is 4.06. The molecule has 0 aromatic heterocycles. The maximum Gasteiger partial charge on any atom is 0.161 e. The summed E-state index contributed by atoms with van der Waals surface area (Å²) in [7, 11) is 3.22. The van der Waals surface area contributed by atoms with Crippen LogP contribution < -0.4 is 9.47 Å². The minimum Gasteiger partial charge on any atom is -0.493 e. The van der Waals surface area contributed by atoms with Crippen molar-refractivity contribution in [2.75, 3.05) is 14.2 Å². The topological polar surface area (TPSA) is 35.5 Å². The molecule has 1 aromatic rings. The van der Waals surface area contributed by atoms with Gasteiger partial charge in [0.15, 0.2) is 11.5 Å². The molecule has 0 spiro atoms. The van der Waals surface area contributed by atoms with Crippen molar-refractivity contribution in [2.45, 2.75) is 19.3 Å². The van der Waals surface area contributed by atoms with Gasteiger partial charge in [0.1, 0.15) is 5.78 Å². The van der Waals surface area contributed by atoms with E-state index >= 15 is 0 Å². The Morgan fingerprint density at radius 1 is 1.12 bits per heavy atom. The summed E-state index contributed by atoms with van der Waals surface area (Å²) in [6.07, 6.45) is 5.97. The Hall–Kier alpha value is -1.77. The molecule has 2 rings (SSSR count). The van der Waals surface area contributed by atoms with Crippen LogP contribution >= 0.6 is 0 Å². The van der Waals surface area contributed by atoms with E-state index in [1.807, 2.05) is 24.3 Å². The van der Waals surface area contributed by atoms with Crippen LogP contribution in [0.3, 0.4) is 0 Å². The number of methoxy groups -OCH3 is 2. The minimum absolute atomic E-state index is 0.266. The third kappa shape index (κ3) is 2.49. The van der Waals surface area contributed by atoms with Crippen LogP contribution in [0, 0.1) is 0 Å². The first-order valence-corrected chi connectivity index (χ1v) is 5.67. The molecule has 0 N–H and O–H groups in total. The number of rotatable bonds is 2. The van der Waals surface area contributed by atoms with Gasteiger partial charge in [-0.15, -0.1) is 0 Å². The van der Waals surface area contributed by atoms with Gasteiger partial charge in [-0.3, -0.25) is 4.79 Å². The first-order valence-electron chi connectivity index (χ1n) is 5.67. The highest BCUT2D eigenvalue weighted by Crippen LogP contribution is 2.32. The largest absolute Gasteiger partial charge is 0.493 e. The van der Waals surface area contributed by atoms with E-state index in [1.165, 1.54) is 0 Å². The van der Waals surface area contributed by atoms with Crippen molar-refractivity contribution in [1.82, 2.24) is 0 Å². The van der Waals surface area contributed by atoms with Gasteiger partial charge in [-0.1, -0.05) is 12.2 Å². The molecule has 0 saturated carbocycles. The number of fused-ring (bicyclic) bond motifs is 1. The number of allylic oxidation sites excluding steroid dienone is 1. The SMILES string of the molecule is COc1cc2c(cc1OC)CC(=O)CC/C=C\2. The minimum atomic E-state index is 0.266. The maximum absolute atomic E-state index is 11.6. The summed E-state index contributed by atoms with van der Waals surface area (Å²) in [5.74, 6) is 1.64. The van der Waals surface area contributed by atoms with Crippen LogP contribution in [0.25, 0.3) is 6.08 Å². The lowest BCUT2D eigenvalue weighted by Crippen LogP contribution is -2.06. The lowest BCUT2D eigenvalue weighted by molar-refractivity contribution is -0.118. The third-order valence-corrected chi connectivity index (χ3v) is 2.92. The summed E-state index contributed by atoms with van der Waals surface area (Å²) in [5, 5.41) is 0. The van der Waals surface area contributed by atoms with Crippen molar-refractivity contribution < 1.29 is 14.3 Å². The highest BCUT2D eigenvalue weighted by molar-refractivity contribution is 5.83. The highest BCUT2D eigenvalue weighted by atomic mass is 16.5. The summed E-state index contributed by atoms with van der Waals surface area (Å²) in [6, 6.07) is 3.81. The Morgan fingerprint density at radius 2 is 1.82 bits per heavy atom. The average molecular weight is 232 g/mol. The number of Topliss-reactive ketones (excluding diaryl/α,β-unsaturated/α-hetero) is 1. The van der Waals surface area contributed by atoms with Crippen LogP contribution in [-0.2, 0) is 11.2 Å². The molecule has 0 saturated heterocycles. The predicted octanol–water partition coefficient (Wildman–Crippen LogP) is 2.62. The Labute approximate surface area is 101 Å². The van der Waals surface area contributed by atoms with Crippen molar-refractivity contribution in [3.63, 3.8) is 0 Å². The van der Waals surface area contributed by atoms with Gasteiger partial charge < -0.3 is 9.47 Å². The van der Waals surface area contributed by atoms with Gasteiger partial charge in [-0.25, -0.2) is 0 Å². The molecule has 0 unspecified atom stereocenters. The summed E-state index contributed by atoms with van der Waals surface area (Å²) >= 11 is 0. The van der Waals surface area contributed by atoms with E-state index in [1.54, 1.807) is 14.2 Å². The number of ketones is 1. The first kappa shape index (κ1) is 11.7. The molecule has 3 nitrogen and oxygen atoms in total. The predicted molar refractivity (Wildman–Crippen MR) is 66.5 cm³/mol. The fourth-order valence-corrected chi connectivity index (χ4v) is 2.00. The van der Waals surface area contributed by atoms with Crippen LogP contribution in [-0.4, -0.2) is 20.0 Å². The quantitative estimate of drug-likeness (QED) is 0.786. The molecule has 90 valence electrons. The molecule has 0 amide bonds. The number of hydrogen-bond acceptors (Lipinski definition) is 3.